The van der Waals surface area contributed by atoms with Gasteiger partial charge in [0.1, 0.15) is 0 Å². The molecule has 2 aromatic carbocycles. The minimum absolute atomic E-state index is 0.202. The molecule has 8 heteroatoms. The van der Waals surface area contributed by atoms with E-state index in [1.54, 1.807) is 23.9 Å². The molecule has 3 fully saturated rings. The van der Waals surface area contributed by atoms with E-state index >= 15 is 0 Å². The third-order valence-electron chi connectivity index (χ3n) is 8.62. The Hall–Kier alpha value is -3.68. The van der Waals surface area contributed by atoms with Gasteiger partial charge in [0.2, 0.25) is 11.8 Å². The molecule has 0 N–H and O–H groups in total. The van der Waals surface area contributed by atoms with E-state index in [-0.39, 0.29) is 36.0 Å². The van der Waals surface area contributed by atoms with Crippen LogP contribution >= 0.6 is 0 Å². The first-order chi connectivity index (χ1) is 17.7. The van der Waals surface area contributed by atoms with Crippen LogP contribution in [0.1, 0.15) is 56.3 Å². The second-order valence-corrected chi connectivity index (χ2v) is 10.5. The van der Waals surface area contributed by atoms with Crippen molar-refractivity contribution in [1.29, 1.82) is 0 Å². The fourth-order valence-electron chi connectivity index (χ4n) is 6.31. The molecule has 0 spiro atoms. The highest BCUT2D eigenvalue weighted by atomic mass is 16.2. The number of likely N-dealkylation sites (N-methyl/N-ethyl adjacent to an activating group) is 2. The fourth-order valence-corrected chi connectivity index (χ4v) is 6.31. The fraction of sp³-hybridized carbons (Fsp3) is 0.448. The van der Waals surface area contributed by atoms with Crippen LogP contribution in [0.5, 0.6) is 0 Å². The summed E-state index contributed by atoms with van der Waals surface area (Å²) < 4.78 is 0. The number of hydrogen-bond acceptors (Lipinski definition) is 4. The number of rotatable bonds is 4. The topological polar surface area (TPSA) is 81.2 Å². The molecule has 6 amide bonds. The Labute approximate surface area is 217 Å². The number of benzene rings is 2. The molecule has 2 saturated heterocycles. The Kier molecular flexibility index (Phi) is 6.52. The number of hydrogen-bond donors (Lipinski definition) is 0. The molecule has 1 saturated carbocycles. The SMILES string of the molecule is C[C@H]1[C@@H](c2ccccc2)N(C(=O)[C@@H]2CCC[C@H]2C(=O)N2C(=O)N(C)[C@@H](C)[C@H]2c2ccccc2)C(=O)N1C. The summed E-state index contributed by atoms with van der Waals surface area (Å²) in [5.41, 5.74) is 1.77. The first kappa shape index (κ1) is 25.0. The van der Waals surface area contributed by atoms with Gasteiger partial charge in [-0.1, -0.05) is 67.1 Å². The third kappa shape index (κ3) is 3.99. The Morgan fingerprint density at radius 1 is 0.649 bits per heavy atom. The van der Waals surface area contributed by atoms with Gasteiger partial charge in [0.15, 0.2) is 0 Å². The van der Waals surface area contributed by atoms with E-state index < -0.39 is 23.9 Å². The van der Waals surface area contributed by atoms with E-state index in [2.05, 4.69) is 0 Å². The summed E-state index contributed by atoms with van der Waals surface area (Å²) in [4.78, 5) is 60.5. The van der Waals surface area contributed by atoms with E-state index in [4.69, 9.17) is 0 Å². The molecule has 0 radical (unpaired) electrons. The Morgan fingerprint density at radius 2 is 1.00 bits per heavy atom. The summed E-state index contributed by atoms with van der Waals surface area (Å²) in [5.74, 6) is -1.94. The van der Waals surface area contributed by atoms with Crippen molar-refractivity contribution in [3.05, 3.63) is 71.8 Å². The van der Waals surface area contributed by atoms with Crippen LogP contribution in [0.2, 0.25) is 0 Å². The summed E-state index contributed by atoms with van der Waals surface area (Å²) in [5, 5.41) is 0. The van der Waals surface area contributed by atoms with Crippen LogP contribution in [-0.4, -0.2) is 69.7 Å². The van der Waals surface area contributed by atoms with Gasteiger partial charge < -0.3 is 9.80 Å². The number of carbonyl (C=O) groups is 4. The summed E-state index contributed by atoms with van der Waals surface area (Å²) in [7, 11) is 3.41. The lowest BCUT2D eigenvalue weighted by Crippen LogP contribution is -2.46. The number of amides is 6. The monoisotopic (exact) mass is 502 g/mol. The van der Waals surface area contributed by atoms with Gasteiger partial charge in [0.05, 0.1) is 36.0 Å². The van der Waals surface area contributed by atoms with Crippen molar-refractivity contribution in [2.24, 2.45) is 11.8 Å². The second-order valence-electron chi connectivity index (χ2n) is 10.5. The highest BCUT2D eigenvalue weighted by Crippen LogP contribution is 2.43. The van der Waals surface area contributed by atoms with Crippen LogP contribution in [-0.2, 0) is 9.59 Å². The first-order valence-corrected chi connectivity index (χ1v) is 13.0. The summed E-state index contributed by atoms with van der Waals surface area (Å²) in [6.45, 7) is 3.87. The highest BCUT2D eigenvalue weighted by molar-refractivity contribution is 6.03. The molecule has 0 unspecified atom stereocenters. The lowest BCUT2D eigenvalue weighted by atomic mass is 9.90. The molecule has 2 aromatic rings. The zero-order valence-electron chi connectivity index (χ0n) is 21.8. The number of nitrogens with zero attached hydrogens (tertiary/aromatic N) is 4. The molecule has 6 atom stereocenters. The molecule has 3 aliphatic rings. The average Bonchev–Trinajstić information content (AvgIpc) is 3.56. The van der Waals surface area contributed by atoms with Crippen molar-refractivity contribution in [3.63, 3.8) is 0 Å². The summed E-state index contributed by atoms with van der Waals surface area (Å²) in [6.07, 6.45) is 1.73. The molecule has 194 valence electrons. The van der Waals surface area contributed by atoms with Crippen molar-refractivity contribution < 1.29 is 19.2 Å². The zero-order chi connectivity index (χ0) is 26.4. The summed E-state index contributed by atoms with van der Waals surface area (Å²) >= 11 is 0. The van der Waals surface area contributed by atoms with Crippen molar-refractivity contribution in [2.45, 2.75) is 57.3 Å². The number of carbonyl (C=O) groups excluding carboxylic acids is 4. The smallest absolute Gasteiger partial charge is 0.322 e. The van der Waals surface area contributed by atoms with Crippen molar-refractivity contribution in [2.75, 3.05) is 14.1 Å². The van der Waals surface area contributed by atoms with Crippen LogP contribution in [0.3, 0.4) is 0 Å². The predicted molar refractivity (Wildman–Crippen MR) is 138 cm³/mol. The number of urea groups is 2. The van der Waals surface area contributed by atoms with Gasteiger partial charge >= 0.3 is 12.1 Å². The maximum absolute atomic E-state index is 14.0. The largest absolute Gasteiger partial charge is 0.327 e. The molecule has 2 aliphatic heterocycles. The van der Waals surface area contributed by atoms with E-state index in [1.807, 2.05) is 74.5 Å². The molecule has 5 rings (SSSR count). The molecule has 0 bridgehead atoms. The van der Waals surface area contributed by atoms with Crippen molar-refractivity contribution >= 4 is 23.9 Å². The Morgan fingerprint density at radius 3 is 1.35 bits per heavy atom. The van der Waals surface area contributed by atoms with E-state index in [0.29, 0.717) is 19.3 Å². The number of imide groups is 2. The van der Waals surface area contributed by atoms with Gasteiger partial charge in [-0.2, -0.15) is 0 Å². The lowest BCUT2D eigenvalue weighted by molar-refractivity contribution is -0.143. The maximum atomic E-state index is 14.0. The summed E-state index contributed by atoms with van der Waals surface area (Å²) in [6, 6.07) is 17.1. The first-order valence-electron chi connectivity index (χ1n) is 13.0. The molecule has 1 aliphatic carbocycles. The van der Waals surface area contributed by atoms with Crippen LogP contribution < -0.4 is 0 Å². The lowest BCUT2D eigenvalue weighted by Gasteiger charge is -2.31. The van der Waals surface area contributed by atoms with E-state index in [1.165, 1.54) is 9.80 Å². The Bertz CT molecular complexity index is 1110. The van der Waals surface area contributed by atoms with E-state index in [0.717, 1.165) is 11.1 Å². The van der Waals surface area contributed by atoms with Crippen LogP contribution in [0.4, 0.5) is 9.59 Å². The molecular formula is C29H34N4O4. The predicted octanol–water partition coefficient (Wildman–Crippen LogP) is 4.45. The molecular weight excluding hydrogens is 468 g/mol. The third-order valence-corrected chi connectivity index (χ3v) is 8.62. The minimum atomic E-state index is -0.646. The van der Waals surface area contributed by atoms with Crippen LogP contribution in [0.15, 0.2) is 60.7 Å². The van der Waals surface area contributed by atoms with Crippen LogP contribution in [0.25, 0.3) is 0 Å². The Balaban J connectivity index is 1.46. The zero-order valence-corrected chi connectivity index (χ0v) is 21.8. The molecule has 0 aromatic heterocycles. The van der Waals surface area contributed by atoms with Gasteiger partial charge in [0, 0.05) is 14.1 Å². The average molecular weight is 503 g/mol. The van der Waals surface area contributed by atoms with Crippen molar-refractivity contribution in [1.82, 2.24) is 19.6 Å². The maximum Gasteiger partial charge on any atom is 0.327 e. The standard InChI is InChI=1S/C29H34N4O4/c1-18-24(20-12-7-5-8-13-20)32(28(36)30(18)3)26(34)22-16-11-17-23(22)27(35)33-25(19(2)31(4)29(33)37)21-14-9-6-10-15-21/h5-10,12-15,18-19,22-25H,11,16-17H2,1-4H3/t18-,19-,22+,23+,24-,25-/m0/s1. The second kappa shape index (κ2) is 9.65. The highest BCUT2D eigenvalue weighted by Gasteiger charge is 2.53. The minimum Gasteiger partial charge on any atom is -0.322 e. The van der Waals surface area contributed by atoms with Gasteiger partial charge in [-0.25, -0.2) is 9.59 Å². The van der Waals surface area contributed by atoms with Gasteiger partial charge in [-0.05, 0) is 37.8 Å². The van der Waals surface area contributed by atoms with E-state index in [9.17, 15) is 19.2 Å². The van der Waals surface area contributed by atoms with Gasteiger partial charge in [-0.3, -0.25) is 19.4 Å². The quantitative estimate of drug-likeness (QED) is 0.619. The van der Waals surface area contributed by atoms with Gasteiger partial charge in [-0.15, -0.1) is 0 Å². The van der Waals surface area contributed by atoms with Crippen molar-refractivity contribution in [3.8, 4) is 0 Å². The van der Waals surface area contributed by atoms with Gasteiger partial charge in [0.25, 0.3) is 0 Å². The van der Waals surface area contributed by atoms with Crippen LogP contribution in [0, 0.1) is 11.8 Å². The molecule has 37 heavy (non-hydrogen) atoms. The molecule has 8 nitrogen and oxygen atoms in total. The normalized spacial score (nSPS) is 29.9. The molecule has 2 heterocycles.